The Morgan fingerprint density at radius 3 is 2.20 bits per heavy atom. The van der Waals surface area contributed by atoms with Gasteiger partial charge in [-0.25, -0.2) is 9.59 Å². The molecule has 0 saturated carbocycles. The van der Waals surface area contributed by atoms with E-state index in [4.69, 9.17) is 9.47 Å². The van der Waals surface area contributed by atoms with E-state index in [-0.39, 0.29) is 25.7 Å². The Balaban J connectivity index is 1.32. The maximum Gasteiger partial charge on any atom is 0.407 e. The van der Waals surface area contributed by atoms with Crippen LogP contribution in [0.25, 0.3) is 11.1 Å². The number of hydrogen-bond donors (Lipinski definition) is 2. The number of benzene rings is 3. The highest BCUT2D eigenvalue weighted by molar-refractivity contribution is 5.92. The fourth-order valence-electron chi connectivity index (χ4n) is 5.75. The van der Waals surface area contributed by atoms with Crippen molar-refractivity contribution in [1.82, 2.24) is 10.2 Å². The van der Waals surface area contributed by atoms with Crippen molar-refractivity contribution < 1.29 is 29.0 Å². The Hall–Kier alpha value is -4.17. The van der Waals surface area contributed by atoms with Crippen LogP contribution >= 0.6 is 0 Å². The van der Waals surface area contributed by atoms with Crippen molar-refractivity contribution in [2.24, 2.45) is 0 Å². The van der Waals surface area contributed by atoms with E-state index in [0.717, 1.165) is 27.8 Å². The Morgan fingerprint density at radius 1 is 0.975 bits per heavy atom. The molecule has 3 aromatic carbocycles. The quantitative estimate of drug-likeness (QED) is 0.396. The van der Waals surface area contributed by atoms with Gasteiger partial charge in [0.25, 0.3) is 0 Å². The molecule has 40 heavy (non-hydrogen) atoms. The van der Waals surface area contributed by atoms with Crippen molar-refractivity contribution in [1.29, 1.82) is 0 Å². The molecule has 2 aliphatic rings. The zero-order chi connectivity index (χ0) is 28.3. The number of ether oxygens (including phenoxy) is 2. The molecule has 3 aromatic rings. The van der Waals surface area contributed by atoms with Crippen LogP contribution in [0.1, 0.15) is 49.3 Å². The minimum atomic E-state index is -1.35. The summed E-state index contributed by atoms with van der Waals surface area (Å²) in [7, 11) is 0. The molecule has 1 aliphatic heterocycles. The van der Waals surface area contributed by atoms with Crippen LogP contribution in [0.3, 0.4) is 0 Å². The third-order valence-electron chi connectivity index (χ3n) is 8.08. The number of hydrogen-bond acceptors (Lipinski definition) is 5. The summed E-state index contributed by atoms with van der Waals surface area (Å²) in [5, 5.41) is 12.6. The van der Waals surface area contributed by atoms with Gasteiger partial charge in [0.1, 0.15) is 18.2 Å². The molecule has 1 saturated heterocycles. The number of carbonyl (C=O) groups excluding carboxylic acids is 2. The van der Waals surface area contributed by atoms with Crippen molar-refractivity contribution in [2.45, 2.75) is 56.9 Å². The van der Waals surface area contributed by atoms with Gasteiger partial charge in [-0.2, -0.15) is 0 Å². The molecule has 3 atom stereocenters. The molecule has 8 nitrogen and oxygen atoms in total. The van der Waals surface area contributed by atoms with Gasteiger partial charge >= 0.3 is 12.1 Å². The van der Waals surface area contributed by atoms with Gasteiger partial charge in [-0.05, 0) is 54.5 Å². The Kier molecular flexibility index (Phi) is 7.89. The van der Waals surface area contributed by atoms with Crippen LogP contribution < -0.4 is 5.32 Å². The standard InChI is InChI=1S/C32H34N2O6/c1-21(39-19-22-11-4-3-5-12-22)28(29(35)34-18-10-17-32(34,2)30(36)37)33-31(38)40-20-27-25-15-8-6-13-23(25)24-14-7-9-16-26(24)27/h3-9,11-16,21,27-28H,10,17-20H2,1-2H3,(H,33,38)(H,36,37)/t21-,28+,32-/m0/s1. The smallest absolute Gasteiger partial charge is 0.407 e. The van der Waals surface area contributed by atoms with Crippen LogP contribution in [-0.4, -0.2) is 58.8 Å². The van der Waals surface area contributed by atoms with E-state index in [1.807, 2.05) is 66.7 Å². The Morgan fingerprint density at radius 2 is 1.57 bits per heavy atom. The van der Waals surface area contributed by atoms with Gasteiger partial charge in [-0.3, -0.25) is 4.79 Å². The molecule has 1 heterocycles. The van der Waals surface area contributed by atoms with Crippen LogP contribution in [0.5, 0.6) is 0 Å². The lowest BCUT2D eigenvalue weighted by Gasteiger charge is -2.35. The average Bonchev–Trinajstić information content (AvgIpc) is 3.52. The molecule has 2 amide bonds. The second-order valence-electron chi connectivity index (χ2n) is 10.6. The highest BCUT2D eigenvalue weighted by Gasteiger charge is 2.48. The molecule has 0 aromatic heterocycles. The average molecular weight is 543 g/mol. The number of alkyl carbamates (subject to hydrolysis) is 1. The molecule has 0 unspecified atom stereocenters. The first-order valence-electron chi connectivity index (χ1n) is 13.6. The second-order valence-corrected chi connectivity index (χ2v) is 10.6. The van der Waals surface area contributed by atoms with E-state index in [0.29, 0.717) is 12.8 Å². The predicted molar refractivity (Wildman–Crippen MR) is 150 cm³/mol. The SMILES string of the molecule is C[C@H](OCc1ccccc1)[C@@H](NC(=O)OCC1c2ccccc2-c2ccccc21)C(=O)N1CCC[C@@]1(C)C(=O)O. The van der Waals surface area contributed by atoms with Crippen molar-refractivity contribution in [2.75, 3.05) is 13.2 Å². The lowest BCUT2D eigenvalue weighted by atomic mass is 9.98. The van der Waals surface area contributed by atoms with Gasteiger partial charge < -0.3 is 24.8 Å². The number of aliphatic carboxylic acids is 1. The molecular weight excluding hydrogens is 508 g/mol. The largest absolute Gasteiger partial charge is 0.480 e. The molecule has 0 bridgehead atoms. The third kappa shape index (κ3) is 5.31. The van der Waals surface area contributed by atoms with Crippen molar-refractivity contribution in [3.8, 4) is 11.1 Å². The molecule has 0 spiro atoms. The summed E-state index contributed by atoms with van der Waals surface area (Å²) in [5.74, 6) is -1.71. The maximum absolute atomic E-state index is 13.8. The van der Waals surface area contributed by atoms with Crippen LogP contribution in [0, 0.1) is 0 Å². The summed E-state index contributed by atoms with van der Waals surface area (Å²) in [4.78, 5) is 40.3. The number of nitrogens with zero attached hydrogens (tertiary/aromatic N) is 1. The molecule has 208 valence electrons. The van der Waals surface area contributed by atoms with Crippen molar-refractivity contribution >= 4 is 18.0 Å². The lowest BCUT2D eigenvalue weighted by molar-refractivity contribution is -0.157. The maximum atomic E-state index is 13.8. The topological polar surface area (TPSA) is 105 Å². The van der Waals surface area contributed by atoms with Crippen molar-refractivity contribution in [3.05, 3.63) is 95.6 Å². The van der Waals surface area contributed by atoms with E-state index in [9.17, 15) is 19.5 Å². The highest BCUT2D eigenvalue weighted by Crippen LogP contribution is 2.44. The van der Waals surface area contributed by atoms with Crippen LogP contribution in [0.2, 0.25) is 0 Å². The highest BCUT2D eigenvalue weighted by atomic mass is 16.5. The van der Waals surface area contributed by atoms with Gasteiger partial charge in [0.15, 0.2) is 0 Å². The minimum Gasteiger partial charge on any atom is -0.480 e. The second kappa shape index (κ2) is 11.5. The van der Waals surface area contributed by atoms with Crippen molar-refractivity contribution in [3.63, 3.8) is 0 Å². The number of carboxylic acids is 1. The first-order chi connectivity index (χ1) is 19.3. The van der Waals surface area contributed by atoms with Crippen LogP contribution in [-0.2, 0) is 25.7 Å². The van der Waals surface area contributed by atoms with E-state index in [1.54, 1.807) is 13.8 Å². The van der Waals surface area contributed by atoms with E-state index < -0.39 is 35.7 Å². The normalized spacial score (nSPS) is 19.4. The fourth-order valence-corrected chi connectivity index (χ4v) is 5.75. The van der Waals surface area contributed by atoms with E-state index >= 15 is 0 Å². The lowest BCUT2D eigenvalue weighted by Crippen LogP contribution is -2.60. The van der Waals surface area contributed by atoms with Gasteiger partial charge in [0.2, 0.25) is 5.91 Å². The number of nitrogens with one attached hydrogen (secondary N) is 1. The van der Waals surface area contributed by atoms with Gasteiger partial charge in [0, 0.05) is 12.5 Å². The first-order valence-corrected chi connectivity index (χ1v) is 13.6. The monoisotopic (exact) mass is 542 g/mol. The summed E-state index contributed by atoms with van der Waals surface area (Å²) >= 11 is 0. The third-order valence-corrected chi connectivity index (χ3v) is 8.08. The van der Waals surface area contributed by atoms with E-state index in [2.05, 4.69) is 17.4 Å². The van der Waals surface area contributed by atoms with Crippen LogP contribution in [0.15, 0.2) is 78.9 Å². The van der Waals surface area contributed by atoms with E-state index in [1.165, 1.54) is 4.90 Å². The number of carboxylic acid groups (broad SMARTS) is 1. The summed E-state index contributed by atoms with van der Waals surface area (Å²) in [6.07, 6.45) is -0.602. The minimum absolute atomic E-state index is 0.0938. The fraction of sp³-hybridized carbons (Fsp3) is 0.344. The van der Waals surface area contributed by atoms with Gasteiger partial charge in [-0.1, -0.05) is 78.9 Å². The zero-order valence-electron chi connectivity index (χ0n) is 22.7. The summed E-state index contributed by atoms with van der Waals surface area (Å²) in [5.41, 5.74) is 3.96. The first kappa shape index (κ1) is 27.4. The number of rotatable bonds is 9. The number of fused-ring (bicyclic) bond motifs is 3. The number of amides is 2. The molecule has 0 radical (unpaired) electrons. The molecule has 2 N–H and O–H groups in total. The summed E-state index contributed by atoms with van der Waals surface area (Å²) < 4.78 is 11.7. The molecule has 8 heteroatoms. The zero-order valence-corrected chi connectivity index (χ0v) is 22.7. The Labute approximate surface area is 233 Å². The number of carbonyl (C=O) groups is 3. The van der Waals surface area contributed by atoms with Crippen LogP contribution in [0.4, 0.5) is 4.79 Å². The Bertz CT molecular complexity index is 1350. The molecular formula is C32H34N2O6. The molecule has 5 rings (SSSR count). The summed E-state index contributed by atoms with van der Waals surface area (Å²) in [6, 6.07) is 24.5. The van der Waals surface area contributed by atoms with Gasteiger partial charge in [0.05, 0.1) is 12.7 Å². The summed E-state index contributed by atoms with van der Waals surface area (Å²) in [6.45, 7) is 3.85. The number of likely N-dealkylation sites (tertiary alicyclic amines) is 1. The molecule has 1 aliphatic carbocycles. The van der Waals surface area contributed by atoms with Gasteiger partial charge in [-0.15, -0.1) is 0 Å². The molecule has 1 fully saturated rings. The predicted octanol–water partition coefficient (Wildman–Crippen LogP) is 4.96.